The van der Waals surface area contributed by atoms with Gasteiger partial charge in [0, 0.05) is 12.8 Å². The number of ketones is 1. The van der Waals surface area contributed by atoms with Gasteiger partial charge in [0.1, 0.15) is 18.1 Å². The summed E-state index contributed by atoms with van der Waals surface area (Å²) in [5.41, 5.74) is 3.89. The highest BCUT2D eigenvalue weighted by molar-refractivity contribution is 5.85. The maximum absolute atomic E-state index is 12.6. The monoisotopic (exact) mass is 584 g/mol. The predicted octanol–water partition coefficient (Wildman–Crippen LogP) is 7.46. The molecule has 0 radical (unpaired) electrons. The molecule has 0 heterocycles. The van der Waals surface area contributed by atoms with Crippen molar-refractivity contribution in [2.45, 2.75) is 83.5 Å². The number of carbonyl (C=O) groups is 1. The molecule has 6 nitrogen and oxygen atoms in total. The van der Waals surface area contributed by atoms with E-state index in [9.17, 15) is 20.1 Å². The topological polar surface area (TPSA) is 96.2 Å². The van der Waals surface area contributed by atoms with Crippen LogP contribution in [-0.4, -0.2) is 34.3 Å². The van der Waals surface area contributed by atoms with Crippen molar-refractivity contribution >= 4 is 16.6 Å². The van der Waals surface area contributed by atoms with Crippen molar-refractivity contribution in [2.75, 3.05) is 7.11 Å². The van der Waals surface area contributed by atoms with E-state index in [0.29, 0.717) is 30.8 Å². The SMILES string of the molecule is COc1ccc(CCC(=O)C[C@@H](O)CCCCCCCc2ccccc2)cc1OCc1cc2ccc(O)cc2cc1CO. The number of phenolic OH excluding ortho intramolecular Hbond substituents is 1. The highest BCUT2D eigenvalue weighted by atomic mass is 16.5. The van der Waals surface area contributed by atoms with Crippen molar-refractivity contribution in [3.05, 3.63) is 101 Å². The number of hydrogen-bond donors (Lipinski definition) is 3. The largest absolute Gasteiger partial charge is 0.508 e. The number of aryl methyl sites for hydroxylation is 2. The van der Waals surface area contributed by atoms with Gasteiger partial charge < -0.3 is 24.8 Å². The number of rotatable bonds is 18. The van der Waals surface area contributed by atoms with Crippen molar-refractivity contribution in [3.8, 4) is 17.2 Å². The molecule has 43 heavy (non-hydrogen) atoms. The van der Waals surface area contributed by atoms with Gasteiger partial charge in [-0.1, -0.05) is 68.1 Å². The number of aliphatic hydroxyl groups excluding tert-OH is 2. The van der Waals surface area contributed by atoms with Gasteiger partial charge in [0.25, 0.3) is 0 Å². The first kappa shape index (κ1) is 32.1. The van der Waals surface area contributed by atoms with Crippen LogP contribution in [0.1, 0.15) is 73.6 Å². The molecule has 0 fully saturated rings. The standard InChI is InChI=1S/C37H44O6/c1-42-36-19-15-28(20-37(36)43-26-32-21-29-16-18-34(40)23-30(29)22-31(32)25-38)14-17-35(41)24-33(39)13-9-4-2-3-6-10-27-11-7-5-8-12-27/h5,7-8,11-12,15-16,18-23,33,38-40H,2-4,6,9-10,13-14,17,24-26H2,1H3/t33-/m0/s1. The predicted molar refractivity (Wildman–Crippen MR) is 171 cm³/mol. The Hall–Kier alpha value is -3.87. The summed E-state index contributed by atoms with van der Waals surface area (Å²) in [6.07, 6.45) is 7.84. The second kappa shape index (κ2) is 16.7. The van der Waals surface area contributed by atoms with Gasteiger partial charge in [-0.15, -0.1) is 0 Å². The Morgan fingerprint density at radius 1 is 0.767 bits per heavy atom. The highest BCUT2D eigenvalue weighted by Crippen LogP contribution is 2.31. The van der Waals surface area contributed by atoms with Gasteiger partial charge >= 0.3 is 0 Å². The van der Waals surface area contributed by atoms with Gasteiger partial charge in [0.2, 0.25) is 0 Å². The zero-order valence-electron chi connectivity index (χ0n) is 25.1. The lowest BCUT2D eigenvalue weighted by molar-refractivity contribution is -0.121. The van der Waals surface area contributed by atoms with Crippen LogP contribution < -0.4 is 9.47 Å². The molecule has 0 aliphatic rings. The number of unbranched alkanes of at least 4 members (excludes halogenated alkanes) is 4. The molecule has 6 heteroatoms. The third kappa shape index (κ3) is 10.1. The van der Waals surface area contributed by atoms with E-state index < -0.39 is 6.10 Å². The van der Waals surface area contributed by atoms with Crippen molar-refractivity contribution in [2.24, 2.45) is 0 Å². The molecule has 0 aromatic heterocycles. The van der Waals surface area contributed by atoms with Gasteiger partial charge in [-0.05, 0) is 95.1 Å². The van der Waals surface area contributed by atoms with Crippen LogP contribution in [-0.2, 0) is 30.8 Å². The number of ether oxygens (including phenoxy) is 2. The molecule has 3 N–H and O–H groups in total. The highest BCUT2D eigenvalue weighted by Gasteiger charge is 2.13. The molecule has 228 valence electrons. The van der Waals surface area contributed by atoms with E-state index in [-0.39, 0.29) is 31.2 Å². The first-order chi connectivity index (χ1) is 20.9. The van der Waals surface area contributed by atoms with Crippen LogP contribution in [0.5, 0.6) is 17.2 Å². The van der Waals surface area contributed by atoms with Crippen LogP contribution in [0, 0.1) is 0 Å². The number of fused-ring (bicyclic) bond motifs is 1. The smallest absolute Gasteiger partial charge is 0.161 e. The Kier molecular flexibility index (Phi) is 12.4. The Labute approximate surface area is 254 Å². The average molecular weight is 585 g/mol. The van der Waals surface area contributed by atoms with Crippen molar-refractivity contribution in [1.82, 2.24) is 0 Å². The summed E-state index contributed by atoms with van der Waals surface area (Å²) in [6.45, 7) is 0.0782. The molecule has 4 rings (SSSR count). The summed E-state index contributed by atoms with van der Waals surface area (Å²) >= 11 is 0. The second-order valence-electron chi connectivity index (χ2n) is 11.3. The molecule has 4 aromatic carbocycles. The van der Waals surface area contributed by atoms with E-state index in [2.05, 4.69) is 24.3 Å². The summed E-state index contributed by atoms with van der Waals surface area (Å²) in [5.74, 6) is 1.38. The summed E-state index contributed by atoms with van der Waals surface area (Å²) in [4.78, 5) is 12.6. The maximum atomic E-state index is 12.6. The molecule has 4 aromatic rings. The molecule has 0 aliphatic carbocycles. The number of phenols is 1. The lowest BCUT2D eigenvalue weighted by Crippen LogP contribution is -2.14. The van der Waals surface area contributed by atoms with Crippen LogP contribution in [0.4, 0.5) is 0 Å². The molecule has 0 unspecified atom stereocenters. The van der Waals surface area contributed by atoms with Gasteiger partial charge in [0.15, 0.2) is 11.5 Å². The molecule has 0 saturated heterocycles. The number of aromatic hydroxyl groups is 1. The lowest BCUT2D eigenvalue weighted by Gasteiger charge is -2.15. The third-order valence-corrected chi connectivity index (χ3v) is 7.93. The molecule has 0 aliphatic heterocycles. The summed E-state index contributed by atoms with van der Waals surface area (Å²) in [7, 11) is 1.58. The minimum absolute atomic E-state index is 0.0587. The lowest BCUT2D eigenvalue weighted by atomic mass is 10.00. The fourth-order valence-electron chi connectivity index (χ4n) is 5.44. The molecule has 0 bridgehead atoms. The van der Waals surface area contributed by atoms with Gasteiger partial charge in [-0.25, -0.2) is 0 Å². The average Bonchev–Trinajstić information content (AvgIpc) is 3.02. The van der Waals surface area contributed by atoms with Crippen LogP contribution in [0.25, 0.3) is 10.8 Å². The van der Waals surface area contributed by atoms with E-state index in [1.54, 1.807) is 19.2 Å². The molecular weight excluding hydrogens is 540 g/mol. The normalized spacial score (nSPS) is 11.9. The van der Waals surface area contributed by atoms with Gasteiger partial charge in [-0.3, -0.25) is 4.79 Å². The first-order valence-corrected chi connectivity index (χ1v) is 15.3. The van der Waals surface area contributed by atoms with Crippen LogP contribution in [0.3, 0.4) is 0 Å². The van der Waals surface area contributed by atoms with Crippen LogP contribution in [0.15, 0.2) is 78.9 Å². The van der Waals surface area contributed by atoms with E-state index in [0.717, 1.165) is 53.1 Å². The molecule has 0 saturated carbocycles. The minimum atomic E-state index is -0.585. The van der Waals surface area contributed by atoms with E-state index in [1.807, 2.05) is 42.5 Å². The van der Waals surface area contributed by atoms with E-state index >= 15 is 0 Å². The fraction of sp³-hybridized carbons (Fsp3) is 0.378. The zero-order chi connectivity index (χ0) is 30.4. The van der Waals surface area contributed by atoms with Gasteiger partial charge in [-0.2, -0.15) is 0 Å². The van der Waals surface area contributed by atoms with Crippen molar-refractivity contribution < 1.29 is 29.6 Å². The second-order valence-corrected chi connectivity index (χ2v) is 11.3. The molecule has 0 spiro atoms. The Morgan fingerprint density at radius 2 is 1.53 bits per heavy atom. The van der Waals surface area contributed by atoms with Crippen molar-refractivity contribution in [1.29, 1.82) is 0 Å². The summed E-state index contributed by atoms with van der Waals surface area (Å²) < 4.78 is 11.6. The quantitative estimate of drug-likeness (QED) is 0.105. The number of aliphatic hydroxyl groups is 2. The number of methoxy groups -OCH3 is 1. The fourth-order valence-corrected chi connectivity index (χ4v) is 5.44. The third-order valence-electron chi connectivity index (χ3n) is 7.93. The number of hydrogen-bond acceptors (Lipinski definition) is 6. The number of Topliss-reactive ketones (excluding diaryl/α,β-unsaturated/α-hetero) is 1. The zero-order valence-corrected chi connectivity index (χ0v) is 25.1. The molecule has 0 amide bonds. The Morgan fingerprint density at radius 3 is 2.33 bits per heavy atom. The molecular formula is C37H44O6. The number of carbonyl (C=O) groups excluding carboxylic acids is 1. The van der Waals surface area contributed by atoms with Crippen LogP contribution in [0.2, 0.25) is 0 Å². The maximum Gasteiger partial charge on any atom is 0.161 e. The minimum Gasteiger partial charge on any atom is -0.508 e. The Bertz CT molecular complexity index is 1450. The van der Waals surface area contributed by atoms with Crippen LogP contribution >= 0.6 is 0 Å². The van der Waals surface area contributed by atoms with Gasteiger partial charge in [0.05, 0.1) is 19.8 Å². The number of benzene rings is 4. The summed E-state index contributed by atoms with van der Waals surface area (Å²) in [5, 5.41) is 31.9. The first-order valence-electron chi connectivity index (χ1n) is 15.3. The Balaban J connectivity index is 1.20. The molecule has 1 atom stereocenters. The van der Waals surface area contributed by atoms with E-state index in [1.165, 1.54) is 18.4 Å². The van der Waals surface area contributed by atoms with E-state index in [4.69, 9.17) is 9.47 Å². The summed E-state index contributed by atoms with van der Waals surface area (Å²) in [6, 6.07) is 25.1. The van der Waals surface area contributed by atoms with Crippen molar-refractivity contribution in [3.63, 3.8) is 0 Å².